The second-order valence-electron chi connectivity index (χ2n) is 5.26. The van der Waals surface area contributed by atoms with E-state index in [0.717, 1.165) is 11.3 Å². The van der Waals surface area contributed by atoms with Crippen LogP contribution in [0.4, 0.5) is 5.13 Å². The highest BCUT2D eigenvalue weighted by molar-refractivity contribution is 7.89. The molecule has 0 atom stereocenters. The van der Waals surface area contributed by atoms with Crippen molar-refractivity contribution in [3.05, 3.63) is 40.9 Å². The molecule has 10 heteroatoms. The van der Waals surface area contributed by atoms with Gasteiger partial charge in [-0.3, -0.25) is 9.59 Å². The van der Waals surface area contributed by atoms with Crippen molar-refractivity contribution < 1.29 is 18.0 Å². The summed E-state index contributed by atoms with van der Waals surface area (Å²) in [6.07, 6.45) is 0. The summed E-state index contributed by atoms with van der Waals surface area (Å²) in [4.78, 5) is 27.5. The van der Waals surface area contributed by atoms with Gasteiger partial charge in [0.2, 0.25) is 21.8 Å². The molecule has 134 valence electrons. The van der Waals surface area contributed by atoms with E-state index >= 15 is 0 Å². The molecule has 1 aromatic heterocycles. The number of hydrogen-bond acceptors (Lipinski definition) is 6. The van der Waals surface area contributed by atoms with Gasteiger partial charge in [-0.2, -0.15) is 0 Å². The lowest BCUT2D eigenvalue weighted by Gasteiger charge is -2.08. The van der Waals surface area contributed by atoms with Crippen molar-refractivity contribution in [2.75, 3.05) is 18.4 Å². The molecule has 0 aliphatic rings. The molecule has 0 saturated heterocycles. The first-order valence-corrected chi connectivity index (χ1v) is 9.67. The van der Waals surface area contributed by atoms with Crippen LogP contribution in [0.1, 0.15) is 11.3 Å². The topological polar surface area (TPSA) is 117 Å². The van der Waals surface area contributed by atoms with Crippen LogP contribution in [0, 0.1) is 13.8 Å². The molecule has 0 aliphatic carbocycles. The van der Waals surface area contributed by atoms with Crippen LogP contribution < -0.4 is 15.4 Å². The average molecular weight is 382 g/mol. The van der Waals surface area contributed by atoms with E-state index in [1.807, 2.05) is 6.92 Å². The van der Waals surface area contributed by atoms with Crippen molar-refractivity contribution in [2.45, 2.75) is 18.7 Å². The third-order valence-electron chi connectivity index (χ3n) is 3.07. The first kappa shape index (κ1) is 19.0. The molecule has 1 heterocycles. The van der Waals surface area contributed by atoms with Crippen molar-refractivity contribution in [3.8, 4) is 0 Å². The number of nitrogens with zero attached hydrogens (tertiary/aromatic N) is 1. The lowest BCUT2D eigenvalue weighted by molar-refractivity contribution is -0.123. The van der Waals surface area contributed by atoms with Gasteiger partial charge in [0.25, 0.3) is 0 Å². The Labute approximate surface area is 149 Å². The van der Waals surface area contributed by atoms with Gasteiger partial charge < -0.3 is 10.6 Å². The molecule has 0 saturated carbocycles. The van der Waals surface area contributed by atoms with E-state index in [4.69, 9.17) is 0 Å². The van der Waals surface area contributed by atoms with Gasteiger partial charge in [0.05, 0.1) is 23.7 Å². The molecule has 8 nitrogen and oxygen atoms in total. The van der Waals surface area contributed by atoms with Crippen LogP contribution in [0.25, 0.3) is 0 Å². The Balaban J connectivity index is 1.78. The van der Waals surface area contributed by atoms with E-state index < -0.39 is 28.4 Å². The minimum atomic E-state index is -3.78. The van der Waals surface area contributed by atoms with E-state index in [-0.39, 0.29) is 11.4 Å². The van der Waals surface area contributed by atoms with Crippen LogP contribution in [0.5, 0.6) is 0 Å². The first-order chi connectivity index (χ1) is 11.8. The summed E-state index contributed by atoms with van der Waals surface area (Å²) in [5, 5.41) is 7.11. The van der Waals surface area contributed by atoms with Crippen LogP contribution in [-0.2, 0) is 19.6 Å². The summed E-state index contributed by atoms with van der Waals surface area (Å²) < 4.78 is 26.3. The largest absolute Gasteiger partial charge is 0.346 e. The minimum absolute atomic E-state index is 0.0720. The number of carbonyl (C=O) groups excluding carboxylic acids is 2. The van der Waals surface area contributed by atoms with Crippen LogP contribution in [0.3, 0.4) is 0 Å². The van der Waals surface area contributed by atoms with E-state index in [9.17, 15) is 18.0 Å². The number of benzene rings is 1. The highest BCUT2D eigenvalue weighted by Crippen LogP contribution is 2.13. The molecule has 0 fully saturated rings. The van der Waals surface area contributed by atoms with Gasteiger partial charge in [-0.15, -0.1) is 11.3 Å². The Kier molecular flexibility index (Phi) is 6.23. The Bertz CT molecular complexity index is 860. The number of thiazole rings is 1. The SMILES string of the molecule is Cc1ccc(S(=O)(=O)NCC(=O)NCC(=O)Nc2nc(C)cs2)cc1. The monoisotopic (exact) mass is 382 g/mol. The second-order valence-corrected chi connectivity index (χ2v) is 7.88. The van der Waals surface area contributed by atoms with Crippen LogP contribution in [0.2, 0.25) is 0 Å². The van der Waals surface area contributed by atoms with Gasteiger partial charge in [-0.25, -0.2) is 18.1 Å². The first-order valence-electron chi connectivity index (χ1n) is 7.31. The van der Waals surface area contributed by atoms with Gasteiger partial charge >= 0.3 is 0 Å². The molecule has 2 rings (SSSR count). The zero-order valence-corrected chi connectivity index (χ0v) is 15.3. The van der Waals surface area contributed by atoms with Gasteiger partial charge in [0.1, 0.15) is 0 Å². The third kappa shape index (κ3) is 5.93. The van der Waals surface area contributed by atoms with Gasteiger partial charge in [-0.05, 0) is 26.0 Å². The number of rotatable bonds is 7. The summed E-state index contributed by atoms with van der Waals surface area (Å²) in [6, 6.07) is 6.25. The summed E-state index contributed by atoms with van der Waals surface area (Å²) in [7, 11) is -3.78. The number of aromatic nitrogens is 1. The predicted molar refractivity (Wildman–Crippen MR) is 94.9 cm³/mol. The molecule has 3 N–H and O–H groups in total. The molecule has 0 unspecified atom stereocenters. The van der Waals surface area contributed by atoms with Crippen molar-refractivity contribution in [3.63, 3.8) is 0 Å². The molecule has 0 aliphatic heterocycles. The van der Waals surface area contributed by atoms with Gasteiger partial charge in [0, 0.05) is 5.38 Å². The lowest BCUT2D eigenvalue weighted by Crippen LogP contribution is -2.40. The second kappa shape index (κ2) is 8.19. The maximum Gasteiger partial charge on any atom is 0.245 e. The minimum Gasteiger partial charge on any atom is -0.346 e. The number of sulfonamides is 1. The zero-order valence-electron chi connectivity index (χ0n) is 13.7. The predicted octanol–water partition coefficient (Wildman–Crippen LogP) is 0.793. The fourth-order valence-corrected chi connectivity index (χ4v) is 3.46. The van der Waals surface area contributed by atoms with E-state index in [2.05, 4.69) is 20.3 Å². The quantitative estimate of drug-likeness (QED) is 0.655. The van der Waals surface area contributed by atoms with Gasteiger partial charge in [0.15, 0.2) is 5.13 Å². The highest BCUT2D eigenvalue weighted by atomic mass is 32.2. The molecular formula is C15H18N4O4S2. The molecule has 0 spiro atoms. The molecule has 1 aromatic carbocycles. The lowest BCUT2D eigenvalue weighted by atomic mass is 10.2. The van der Waals surface area contributed by atoms with Crippen molar-refractivity contribution >= 4 is 38.3 Å². The highest BCUT2D eigenvalue weighted by Gasteiger charge is 2.15. The molecule has 2 amide bonds. The Morgan fingerprint density at radius 2 is 1.76 bits per heavy atom. The Hall–Kier alpha value is -2.30. The van der Waals surface area contributed by atoms with E-state index in [1.165, 1.54) is 23.5 Å². The summed E-state index contributed by atoms with van der Waals surface area (Å²) in [5.41, 5.74) is 1.72. The third-order valence-corrected chi connectivity index (χ3v) is 5.36. The van der Waals surface area contributed by atoms with Crippen LogP contribution >= 0.6 is 11.3 Å². The average Bonchev–Trinajstić information content (AvgIpc) is 2.96. The molecule has 2 aromatic rings. The number of carbonyl (C=O) groups is 2. The van der Waals surface area contributed by atoms with Crippen molar-refractivity contribution in [1.29, 1.82) is 0 Å². The molecule has 0 radical (unpaired) electrons. The number of aryl methyl sites for hydroxylation is 2. The normalized spacial score (nSPS) is 11.1. The molecule has 25 heavy (non-hydrogen) atoms. The molecular weight excluding hydrogens is 364 g/mol. The van der Waals surface area contributed by atoms with Crippen molar-refractivity contribution in [2.24, 2.45) is 0 Å². The number of nitrogens with one attached hydrogen (secondary N) is 3. The zero-order chi connectivity index (χ0) is 18.4. The summed E-state index contributed by atoms with van der Waals surface area (Å²) >= 11 is 1.28. The number of hydrogen-bond donors (Lipinski definition) is 3. The van der Waals surface area contributed by atoms with Crippen LogP contribution in [0.15, 0.2) is 34.5 Å². The maximum absolute atomic E-state index is 12.1. The van der Waals surface area contributed by atoms with Gasteiger partial charge in [-0.1, -0.05) is 17.7 Å². The molecule has 0 bridgehead atoms. The summed E-state index contributed by atoms with van der Waals surface area (Å²) in [6.45, 7) is 2.91. The fraction of sp³-hybridized carbons (Fsp3) is 0.267. The standard InChI is InChI=1S/C15H18N4O4S2/c1-10-3-5-12(6-4-10)25(22,23)17-8-13(20)16-7-14(21)19-15-18-11(2)9-24-15/h3-6,9,17H,7-8H2,1-2H3,(H,16,20)(H,18,19,21). The Morgan fingerprint density at radius 3 is 2.36 bits per heavy atom. The number of amides is 2. The smallest absolute Gasteiger partial charge is 0.245 e. The van der Waals surface area contributed by atoms with Crippen molar-refractivity contribution in [1.82, 2.24) is 15.0 Å². The van der Waals surface area contributed by atoms with E-state index in [1.54, 1.807) is 24.4 Å². The summed E-state index contributed by atoms with van der Waals surface area (Å²) in [5.74, 6) is -1.05. The van der Waals surface area contributed by atoms with Crippen LogP contribution in [-0.4, -0.2) is 38.3 Å². The Morgan fingerprint density at radius 1 is 1.08 bits per heavy atom. The number of anilines is 1. The van der Waals surface area contributed by atoms with E-state index in [0.29, 0.717) is 5.13 Å². The maximum atomic E-state index is 12.1. The fourth-order valence-electron chi connectivity index (χ4n) is 1.78.